The van der Waals surface area contributed by atoms with Crippen LogP contribution in [0.25, 0.3) is 5.76 Å². The van der Waals surface area contributed by atoms with Crippen LogP contribution in [-0.2, 0) is 23.2 Å². The van der Waals surface area contributed by atoms with E-state index >= 15 is 4.39 Å². The second kappa shape index (κ2) is 9.50. The number of aromatic nitrogens is 1. The first-order valence-electron chi connectivity index (χ1n) is 13.9. The molecule has 220 valence electrons. The molecule has 2 aromatic carbocycles. The Morgan fingerprint density at radius 2 is 1.81 bits per heavy atom. The number of carbonyl (C=O) groups excluding carboxylic acids is 2. The maximum absolute atomic E-state index is 15.2. The van der Waals surface area contributed by atoms with Crippen molar-refractivity contribution in [2.24, 2.45) is 11.8 Å². The van der Waals surface area contributed by atoms with E-state index in [2.05, 4.69) is 5.16 Å². The van der Waals surface area contributed by atoms with Crippen molar-refractivity contribution in [3.8, 4) is 11.6 Å². The van der Waals surface area contributed by atoms with Crippen LogP contribution in [0.4, 0.5) is 4.39 Å². The fraction of sp³-hybridized carbons (Fsp3) is 0.406. The van der Waals surface area contributed by atoms with E-state index in [0.29, 0.717) is 5.56 Å². The summed E-state index contributed by atoms with van der Waals surface area (Å²) in [4.78, 5) is 30.1. The number of fused-ring (bicyclic) bond motifs is 4. The van der Waals surface area contributed by atoms with Crippen molar-refractivity contribution in [3.63, 3.8) is 0 Å². The van der Waals surface area contributed by atoms with E-state index in [1.807, 2.05) is 30.3 Å². The Morgan fingerprint density at radius 3 is 2.45 bits per heavy atom. The molecule has 3 N–H and O–H groups in total. The molecule has 6 rings (SSSR count). The minimum atomic E-state index is -2.56. The van der Waals surface area contributed by atoms with Crippen molar-refractivity contribution >= 4 is 17.3 Å². The van der Waals surface area contributed by atoms with Crippen molar-refractivity contribution in [1.82, 2.24) is 10.1 Å². The van der Waals surface area contributed by atoms with Crippen LogP contribution < -0.4 is 4.74 Å². The molecule has 3 aliphatic rings. The Hall–Kier alpha value is -4.02. The number of carbonyl (C=O) groups is 2. The van der Waals surface area contributed by atoms with Gasteiger partial charge in [-0.25, -0.2) is 4.39 Å². The monoisotopic (exact) mass is 576 g/mol. The highest BCUT2D eigenvalue weighted by molar-refractivity contribution is 6.26. The van der Waals surface area contributed by atoms with E-state index in [9.17, 15) is 24.9 Å². The molecule has 0 unspecified atom stereocenters. The minimum Gasteiger partial charge on any atom is -0.507 e. The number of halogens is 1. The summed E-state index contributed by atoms with van der Waals surface area (Å²) in [6.07, 6.45) is 0.240. The topological polar surface area (TPSA) is 133 Å². The fourth-order valence-corrected chi connectivity index (χ4v) is 6.99. The smallest absolute Gasteiger partial charge is 0.265 e. The van der Waals surface area contributed by atoms with Crippen LogP contribution >= 0.6 is 0 Å². The molecule has 1 saturated carbocycles. The number of phenolic OH excluding ortho intramolecular Hbond substituents is 1. The SMILES string of the molecule is CN(C)[C@@H]1c2onc(OCc3ccccc3)c2C(=O)[C@@]2(O)C(=O)C3=C(O)c4c(cc(F)c(C(C)(C)C)c4O)C[C@H]3C[C@@H]12. The predicted octanol–water partition coefficient (Wildman–Crippen LogP) is 4.66. The van der Waals surface area contributed by atoms with Crippen LogP contribution in [-0.4, -0.2) is 56.6 Å². The lowest BCUT2D eigenvalue weighted by Gasteiger charge is -2.49. The summed E-state index contributed by atoms with van der Waals surface area (Å²) in [6.45, 7) is 5.25. The molecule has 3 aromatic rings. The number of aliphatic hydroxyl groups is 2. The van der Waals surface area contributed by atoms with Gasteiger partial charge in [0.1, 0.15) is 29.5 Å². The second-order valence-corrected chi connectivity index (χ2v) is 12.7. The van der Waals surface area contributed by atoms with Crippen LogP contribution in [0.1, 0.15) is 71.6 Å². The van der Waals surface area contributed by atoms with Gasteiger partial charge in [-0.05, 0) is 60.6 Å². The van der Waals surface area contributed by atoms with Gasteiger partial charge >= 0.3 is 0 Å². The molecule has 0 spiro atoms. The third kappa shape index (κ3) is 3.92. The van der Waals surface area contributed by atoms with Gasteiger partial charge in [-0.1, -0.05) is 51.1 Å². The second-order valence-electron chi connectivity index (χ2n) is 12.7. The Balaban J connectivity index is 1.47. The zero-order valence-corrected chi connectivity index (χ0v) is 24.1. The van der Waals surface area contributed by atoms with Gasteiger partial charge in [0.2, 0.25) is 11.6 Å². The van der Waals surface area contributed by atoms with Gasteiger partial charge in [-0.3, -0.25) is 14.5 Å². The summed E-state index contributed by atoms with van der Waals surface area (Å²) in [5, 5.41) is 38.7. The maximum atomic E-state index is 15.2. The summed E-state index contributed by atoms with van der Waals surface area (Å²) in [5.74, 6) is -5.03. The number of phenols is 1. The summed E-state index contributed by atoms with van der Waals surface area (Å²) in [7, 11) is 3.48. The van der Waals surface area contributed by atoms with Gasteiger partial charge in [0, 0.05) is 17.1 Å². The third-order valence-electron chi connectivity index (χ3n) is 8.80. The van der Waals surface area contributed by atoms with Crippen molar-refractivity contribution < 1.29 is 38.6 Å². The molecule has 1 aromatic heterocycles. The normalized spacial score (nSPS) is 25.2. The quantitative estimate of drug-likeness (QED) is 0.379. The van der Waals surface area contributed by atoms with Crippen LogP contribution in [0, 0.1) is 17.7 Å². The Bertz CT molecular complexity index is 1650. The van der Waals surface area contributed by atoms with Crippen molar-refractivity contribution in [3.05, 3.63) is 81.4 Å². The average Bonchev–Trinajstić information content (AvgIpc) is 3.32. The van der Waals surface area contributed by atoms with Gasteiger partial charge < -0.3 is 24.6 Å². The molecule has 3 aliphatic carbocycles. The number of rotatable bonds is 4. The van der Waals surface area contributed by atoms with E-state index in [0.717, 1.165) is 5.56 Å². The molecule has 9 nitrogen and oxygen atoms in total. The first-order chi connectivity index (χ1) is 19.8. The third-order valence-corrected chi connectivity index (χ3v) is 8.80. The zero-order chi connectivity index (χ0) is 30.3. The number of ketones is 2. The molecule has 1 fully saturated rings. The average molecular weight is 577 g/mol. The number of ether oxygens (including phenoxy) is 1. The number of hydrogen-bond acceptors (Lipinski definition) is 9. The molecular formula is C32H33FN2O7. The van der Waals surface area contributed by atoms with E-state index in [-0.39, 0.29) is 53.4 Å². The maximum Gasteiger partial charge on any atom is 0.265 e. The van der Waals surface area contributed by atoms with Gasteiger partial charge in [-0.15, -0.1) is 0 Å². The molecule has 0 amide bonds. The molecule has 0 radical (unpaired) electrons. The number of benzene rings is 2. The molecule has 4 atom stereocenters. The Kier molecular flexibility index (Phi) is 6.36. The number of aromatic hydroxyl groups is 1. The predicted molar refractivity (Wildman–Crippen MR) is 150 cm³/mol. The molecule has 0 bridgehead atoms. The van der Waals surface area contributed by atoms with Crippen LogP contribution in [0.2, 0.25) is 0 Å². The minimum absolute atomic E-state index is 0.00225. The standard InChI is InChI=1S/C32H33FN2O7/c1-31(2,3)23-19(33)13-17-11-16-12-18-24(35(4)5)27-22(30(34-42-27)41-14-15-9-7-6-8-10-15)29(39)32(18,40)28(38)21(16)25(36)20(17)26(23)37/h6-10,13,16,18,24,36-37,40H,11-12,14H2,1-5H3/t16-,18-,24-,32-/m0/s1. The van der Waals surface area contributed by atoms with E-state index in [4.69, 9.17) is 9.26 Å². The lowest BCUT2D eigenvalue weighted by Crippen LogP contribution is -2.63. The van der Waals surface area contributed by atoms with Crippen LogP contribution in [0.5, 0.6) is 11.6 Å². The summed E-state index contributed by atoms with van der Waals surface area (Å²) in [6, 6.07) is 9.78. The molecule has 10 heteroatoms. The first-order valence-corrected chi connectivity index (χ1v) is 13.9. The Morgan fingerprint density at radius 1 is 1.12 bits per heavy atom. The summed E-state index contributed by atoms with van der Waals surface area (Å²) in [5.41, 5.74) is -2.51. The highest BCUT2D eigenvalue weighted by Gasteiger charge is 2.65. The number of nitrogens with zero attached hydrogens (tertiary/aromatic N) is 2. The number of Topliss-reactive ketones (excluding diaryl/α,β-unsaturated/α-hetero) is 2. The summed E-state index contributed by atoms with van der Waals surface area (Å²) >= 11 is 0. The van der Waals surface area contributed by atoms with Gasteiger partial charge in [0.05, 0.1) is 11.6 Å². The summed E-state index contributed by atoms with van der Waals surface area (Å²) < 4.78 is 26.7. The zero-order valence-electron chi connectivity index (χ0n) is 24.1. The van der Waals surface area contributed by atoms with E-state index in [1.54, 1.807) is 39.8 Å². The van der Waals surface area contributed by atoms with Gasteiger partial charge in [-0.2, -0.15) is 0 Å². The van der Waals surface area contributed by atoms with Crippen LogP contribution in [0.15, 0.2) is 46.5 Å². The van der Waals surface area contributed by atoms with Crippen molar-refractivity contribution in [2.45, 2.75) is 57.3 Å². The van der Waals surface area contributed by atoms with E-state index < -0.39 is 57.8 Å². The molecule has 42 heavy (non-hydrogen) atoms. The molecule has 0 saturated heterocycles. The van der Waals surface area contributed by atoms with E-state index in [1.165, 1.54) is 6.07 Å². The van der Waals surface area contributed by atoms with Crippen LogP contribution in [0.3, 0.4) is 0 Å². The first kappa shape index (κ1) is 28.1. The fourth-order valence-electron chi connectivity index (χ4n) is 6.99. The molecule has 1 heterocycles. The lowest BCUT2D eigenvalue weighted by molar-refractivity contribution is -0.142. The largest absolute Gasteiger partial charge is 0.507 e. The van der Waals surface area contributed by atoms with Crippen molar-refractivity contribution in [1.29, 1.82) is 0 Å². The lowest BCUT2D eigenvalue weighted by atomic mass is 9.57. The molecular weight excluding hydrogens is 543 g/mol. The number of hydrogen-bond donors (Lipinski definition) is 3. The Labute approximate surface area is 242 Å². The highest BCUT2D eigenvalue weighted by atomic mass is 19.1. The highest BCUT2D eigenvalue weighted by Crippen LogP contribution is 2.56. The van der Waals surface area contributed by atoms with Gasteiger partial charge in [0.25, 0.3) is 5.88 Å². The molecule has 0 aliphatic heterocycles. The van der Waals surface area contributed by atoms with Gasteiger partial charge in [0.15, 0.2) is 11.4 Å². The van der Waals surface area contributed by atoms with Crippen molar-refractivity contribution in [2.75, 3.05) is 14.1 Å². The number of aliphatic hydroxyl groups excluding tert-OH is 1.